The number of epoxide rings is 1. The fourth-order valence-corrected chi connectivity index (χ4v) is 4.30. The molecule has 3 rings (SSSR count). The molecule has 1 unspecified atom stereocenters. The van der Waals surface area contributed by atoms with Gasteiger partial charge in [-0.1, -0.05) is 19.7 Å². The summed E-state index contributed by atoms with van der Waals surface area (Å²) >= 11 is 0. The lowest BCUT2D eigenvalue weighted by Crippen LogP contribution is -2.45. The van der Waals surface area contributed by atoms with E-state index in [1.165, 1.54) is 26.8 Å². The number of esters is 4. The molecule has 9 nitrogen and oxygen atoms in total. The molecule has 184 valence electrons. The maximum Gasteiger partial charge on any atom is 0.336 e. The van der Waals surface area contributed by atoms with Crippen molar-refractivity contribution in [1.29, 1.82) is 0 Å². The summed E-state index contributed by atoms with van der Waals surface area (Å²) in [5.74, 6) is -5.25. The largest absolute Gasteiger partial charge is 0.458 e. The van der Waals surface area contributed by atoms with Crippen LogP contribution in [0.4, 0.5) is 0 Å². The van der Waals surface area contributed by atoms with Crippen LogP contribution in [-0.2, 0) is 42.9 Å². The molecule has 0 aromatic carbocycles. The van der Waals surface area contributed by atoms with Crippen molar-refractivity contribution in [3.63, 3.8) is 0 Å². The Morgan fingerprint density at radius 2 is 1.68 bits per heavy atom. The summed E-state index contributed by atoms with van der Waals surface area (Å²) in [5.41, 5.74) is -0.0716. The highest BCUT2D eigenvalue weighted by atomic mass is 16.7. The van der Waals surface area contributed by atoms with Crippen molar-refractivity contribution in [2.75, 3.05) is 0 Å². The highest BCUT2D eigenvalue weighted by Crippen LogP contribution is 2.51. The first kappa shape index (κ1) is 25.4. The summed E-state index contributed by atoms with van der Waals surface area (Å²) in [6.45, 7) is 18.7. The van der Waals surface area contributed by atoms with Crippen LogP contribution in [0.15, 0.2) is 48.1 Å². The van der Waals surface area contributed by atoms with Crippen LogP contribution in [0.25, 0.3) is 0 Å². The minimum absolute atomic E-state index is 0.0160. The molecule has 1 aliphatic carbocycles. The summed E-state index contributed by atoms with van der Waals surface area (Å²) in [5, 5.41) is 0. The molecule has 0 radical (unpaired) electrons. The van der Waals surface area contributed by atoms with E-state index in [9.17, 15) is 19.2 Å². The number of fused-ring (bicyclic) bond motifs is 2. The van der Waals surface area contributed by atoms with Gasteiger partial charge in [0.15, 0.2) is 0 Å². The van der Waals surface area contributed by atoms with Crippen molar-refractivity contribution in [3.8, 4) is 0 Å². The maximum absolute atomic E-state index is 12.5. The van der Waals surface area contributed by atoms with Crippen molar-refractivity contribution in [1.82, 2.24) is 0 Å². The van der Waals surface area contributed by atoms with E-state index in [1.54, 1.807) is 13.8 Å². The Morgan fingerprint density at radius 1 is 1.06 bits per heavy atom. The van der Waals surface area contributed by atoms with Gasteiger partial charge in [-0.25, -0.2) is 14.4 Å². The van der Waals surface area contributed by atoms with Crippen LogP contribution in [0.1, 0.15) is 47.5 Å². The van der Waals surface area contributed by atoms with E-state index in [4.69, 9.17) is 23.7 Å². The molecule has 2 aliphatic heterocycles. The predicted octanol–water partition coefficient (Wildman–Crippen LogP) is 2.85. The Balaban J connectivity index is 2.13. The fraction of sp³-hybridized carbons (Fsp3) is 0.520. The number of ether oxygens (including phenoxy) is 5. The van der Waals surface area contributed by atoms with Crippen LogP contribution in [-0.4, -0.2) is 53.6 Å². The zero-order valence-corrected chi connectivity index (χ0v) is 20.1. The van der Waals surface area contributed by atoms with E-state index < -0.39 is 59.5 Å². The van der Waals surface area contributed by atoms with E-state index >= 15 is 0 Å². The fourth-order valence-electron chi connectivity index (χ4n) is 4.30. The van der Waals surface area contributed by atoms with Crippen molar-refractivity contribution in [2.45, 2.75) is 77.2 Å². The van der Waals surface area contributed by atoms with Crippen molar-refractivity contribution in [3.05, 3.63) is 48.1 Å². The highest BCUT2D eigenvalue weighted by molar-refractivity contribution is 5.92. The average Bonchev–Trinajstić information content (AvgIpc) is 3.23. The lowest BCUT2D eigenvalue weighted by atomic mass is 9.81. The third-order valence-electron chi connectivity index (χ3n) is 6.29. The molecular formula is C25H30O9. The molecule has 6 atom stereocenters. The van der Waals surface area contributed by atoms with Gasteiger partial charge in [-0.3, -0.25) is 4.79 Å². The number of rotatable bonds is 5. The van der Waals surface area contributed by atoms with Crippen LogP contribution < -0.4 is 0 Å². The molecule has 2 heterocycles. The lowest BCUT2D eigenvalue weighted by molar-refractivity contribution is -0.215. The second kappa shape index (κ2) is 8.87. The Bertz CT molecular complexity index is 1020. The number of hydrogen-bond donors (Lipinski definition) is 0. The van der Waals surface area contributed by atoms with Gasteiger partial charge in [0.25, 0.3) is 5.79 Å². The maximum atomic E-state index is 12.5. The van der Waals surface area contributed by atoms with E-state index in [0.717, 1.165) is 0 Å². The molecule has 2 saturated heterocycles. The second-order valence-corrected chi connectivity index (χ2v) is 9.34. The molecule has 0 N–H and O–H groups in total. The Hall–Kier alpha value is -3.20. The molecule has 3 aliphatic rings. The third-order valence-corrected chi connectivity index (χ3v) is 6.29. The summed E-state index contributed by atoms with van der Waals surface area (Å²) in [6.07, 6.45) is -0.515. The first-order valence-corrected chi connectivity index (χ1v) is 10.9. The van der Waals surface area contributed by atoms with Gasteiger partial charge >= 0.3 is 23.9 Å². The summed E-state index contributed by atoms with van der Waals surface area (Å²) in [6, 6.07) is 0. The van der Waals surface area contributed by atoms with Gasteiger partial charge in [0.2, 0.25) is 0 Å². The molecule has 34 heavy (non-hydrogen) atoms. The van der Waals surface area contributed by atoms with Gasteiger partial charge in [-0.05, 0) is 33.8 Å². The summed E-state index contributed by atoms with van der Waals surface area (Å²) < 4.78 is 28.4. The lowest BCUT2D eigenvalue weighted by Gasteiger charge is -2.35. The van der Waals surface area contributed by atoms with Gasteiger partial charge in [0.1, 0.15) is 12.2 Å². The molecular weight excluding hydrogens is 444 g/mol. The van der Waals surface area contributed by atoms with Crippen LogP contribution in [0.3, 0.4) is 0 Å². The van der Waals surface area contributed by atoms with E-state index in [-0.39, 0.29) is 29.6 Å². The SMILES string of the molecule is C=C(C)C(=O)OC1C[C@@]2(C)O[C@@H]2C[C@](OC(C)=O)(OC(=O)C(=C)C)/C(C)=C\[C@H]2OC(=O)C(=C)[C@H]12. The van der Waals surface area contributed by atoms with Gasteiger partial charge in [-0.2, -0.15) is 0 Å². The third kappa shape index (κ3) is 4.84. The molecule has 0 bridgehead atoms. The zero-order chi connectivity index (χ0) is 25.6. The predicted molar refractivity (Wildman–Crippen MR) is 119 cm³/mol. The Morgan fingerprint density at radius 3 is 2.24 bits per heavy atom. The molecule has 9 heteroatoms. The molecule has 0 aromatic rings. The first-order chi connectivity index (χ1) is 15.7. The molecule has 2 fully saturated rings. The Labute approximate surface area is 198 Å². The van der Waals surface area contributed by atoms with Gasteiger partial charge < -0.3 is 23.7 Å². The zero-order valence-electron chi connectivity index (χ0n) is 20.1. The number of carbonyl (C=O) groups is 4. The second-order valence-electron chi connectivity index (χ2n) is 9.34. The van der Waals surface area contributed by atoms with Crippen LogP contribution in [0, 0.1) is 5.92 Å². The smallest absolute Gasteiger partial charge is 0.336 e. The van der Waals surface area contributed by atoms with Crippen molar-refractivity contribution in [2.24, 2.45) is 5.92 Å². The minimum Gasteiger partial charge on any atom is -0.458 e. The van der Waals surface area contributed by atoms with Crippen molar-refractivity contribution >= 4 is 23.9 Å². The quantitative estimate of drug-likeness (QED) is 0.148. The minimum atomic E-state index is -1.81. The van der Waals surface area contributed by atoms with Crippen LogP contribution >= 0.6 is 0 Å². The molecule has 0 saturated carbocycles. The summed E-state index contributed by atoms with van der Waals surface area (Å²) in [7, 11) is 0. The molecule has 0 amide bonds. The Kier molecular flexibility index (Phi) is 6.63. The molecule has 0 aromatic heterocycles. The highest BCUT2D eigenvalue weighted by Gasteiger charge is 2.61. The normalized spacial score (nSPS) is 36.0. The average molecular weight is 475 g/mol. The first-order valence-electron chi connectivity index (χ1n) is 10.9. The topological polar surface area (TPSA) is 118 Å². The molecule has 0 spiro atoms. The standard InChI is InChI=1S/C25H30O9/c1-12(2)21(27)31-18-10-24(8)19(33-24)11-25(32-16(7)26,34-22(28)13(3)4)14(5)9-17-20(18)15(6)23(29)30-17/h9,17-20H,1,3,6,10-11H2,2,4-5,7-8H3/b14-9-/t17-,18?,19-,20+,24-,25+/m1/s1. The number of hydrogen-bond acceptors (Lipinski definition) is 9. The van der Waals surface area contributed by atoms with Gasteiger partial charge in [0, 0.05) is 35.6 Å². The number of carbonyl (C=O) groups excluding carboxylic acids is 4. The van der Waals surface area contributed by atoms with Crippen molar-refractivity contribution < 1.29 is 42.9 Å². The van der Waals surface area contributed by atoms with Crippen LogP contribution in [0.2, 0.25) is 0 Å². The monoisotopic (exact) mass is 474 g/mol. The summed E-state index contributed by atoms with van der Waals surface area (Å²) in [4.78, 5) is 49.4. The van der Waals surface area contributed by atoms with Gasteiger partial charge in [0.05, 0.1) is 24.0 Å². The van der Waals surface area contributed by atoms with Crippen LogP contribution in [0.5, 0.6) is 0 Å². The van der Waals surface area contributed by atoms with E-state index in [0.29, 0.717) is 5.57 Å². The van der Waals surface area contributed by atoms with E-state index in [2.05, 4.69) is 19.7 Å². The van der Waals surface area contributed by atoms with Gasteiger partial charge in [-0.15, -0.1) is 0 Å². The van der Waals surface area contributed by atoms with E-state index in [1.807, 2.05) is 0 Å².